The summed E-state index contributed by atoms with van der Waals surface area (Å²) in [6.45, 7) is -0.506. The van der Waals surface area contributed by atoms with Crippen LogP contribution >= 0.6 is 447 Å². The predicted octanol–water partition coefficient (Wildman–Crippen LogP) is 4.08. The van der Waals surface area contributed by atoms with Gasteiger partial charge in [-0.2, -0.15) is 447 Å². The molecule has 3 N–H and O–H groups in total. The summed E-state index contributed by atoms with van der Waals surface area (Å²) in [5.41, 5.74) is 0. The highest BCUT2D eigenvalue weighted by atomic mass is 127. The fourth-order valence-electron chi connectivity index (χ4n) is 6.26. The molecule has 0 aromatic heterocycles. The number of halogens is 20. The van der Waals surface area contributed by atoms with Crippen LogP contribution in [-0.2, 0) is 23.9 Å². The number of hydrogen-bond acceptors (Lipinski definition) is 8. The quantitative estimate of drug-likeness (QED) is 0.0639. The molecule has 0 unspecified atom stereocenters. The van der Waals surface area contributed by atoms with Crippen LogP contribution < -0.4 is 0 Å². The van der Waals surface area contributed by atoms with E-state index < -0.39 is 19.8 Å². The molecular weight excluding hydrogens is 3110 g/mol. The number of nitrogens with zero attached hydrogens (tertiary/aromatic N) is 3. The number of carbonyl (C=O) groups excluding carboxylic acids is 3. The number of aliphatic hydroxyl groups excluding tert-OH is 3. The van der Waals surface area contributed by atoms with Crippen LogP contribution in [0.1, 0.15) is 0 Å². The largest absolute Gasteiger partial charge is 0.446 e. The maximum absolute atomic E-state index is 13.6. The maximum Gasteiger partial charge on any atom is 0.235 e. The second-order valence-corrected chi connectivity index (χ2v) is 42.8. The van der Waals surface area contributed by atoms with Gasteiger partial charge in [0.15, 0.2) is 103 Å². The van der Waals surface area contributed by atoms with Crippen molar-refractivity contribution in [3.05, 3.63) is 0 Å². The fraction of sp³-hybridized carbons (Fsp3) is 0.750. The third-order valence-corrected chi connectivity index (χ3v) is 61.2. The average molecular weight is 3140 g/mol. The minimum absolute atomic E-state index is 0.0291. The van der Waals surface area contributed by atoms with Gasteiger partial charge in [0.1, 0.15) is 19.8 Å². The van der Waals surface area contributed by atoms with Gasteiger partial charge in [0.05, 0.1) is 13.2 Å². The molecule has 350 valence electrons. The molecule has 0 aliphatic heterocycles. The summed E-state index contributed by atoms with van der Waals surface area (Å²) in [6, 6.07) is 0. The number of ether oxygens (including phenoxy) is 2. The van der Waals surface area contributed by atoms with Crippen molar-refractivity contribution in [2.75, 3.05) is 60.3 Å². The lowest BCUT2D eigenvalue weighted by atomic mass is 8.82. The van der Waals surface area contributed by atoms with E-state index >= 15 is 0 Å². The summed E-state index contributed by atoms with van der Waals surface area (Å²) in [6.07, 6.45) is 0. The summed E-state index contributed by atoms with van der Waals surface area (Å²) in [4.78, 5) is 44.3. The van der Waals surface area contributed by atoms with E-state index in [4.69, 9.17) is 9.47 Å². The monoisotopic (exact) mass is 3140 g/mol. The van der Waals surface area contributed by atoms with Crippen LogP contribution in [0.2, 0.25) is 0 Å². The van der Waals surface area contributed by atoms with Crippen molar-refractivity contribution in [2.24, 2.45) is 0 Å². The molecule has 0 saturated heterocycles. The minimum Gasteiger partial charge on any atom is -0.446 e. The zero-order valence-corrected chi connectivity index (χ0v) is 78.3. The summed E-state index contributed by atoms with van der Waals surface area (Å²) in [7, 11) is 4.21. The normalized spacial score (nSPS) is 10.3. The molecule has 0 radical (unpaired) electrons. The number of carbonyl (C=O) groups is 3. The predicted molar refractivity (Wildman–Crippen MR) is 499 cm³/mol. The maximum atomic E-state index is 13.6. The molecule has 0 atom stereocenters. The Balaban J connectivity index is 6.65. The van der Waals surface area contributed by atoms with Gasteiger partial charge in [-0.3, -0.25) is 14.4 Å². The number of aliphatic hydroxyl groups is 3. The lowest BCUT2D eigenvalue weighted by molar-refractivity contribution is -0.130. The van der Waals surface area contributed by atoms with Crippen LogP contribution in [0.25, 0.3) is 0 Å². The molecule has 0 rings (SSSR count). The van der Waals surface area contributed by atoms with Gasteiger partial charge in [0, 0.05) is 27.3 Å². The van der Waals surface area contributed by atoms with Gasteiger partial charge in [-0.25, -0.2) is 0 Å². The molecule has 0 heterocycles. The summed E-state index contributed by atoms with van der Waals surface area (Å²) in [5, 5.41) is 32.7. The zero-order chi connectivity index (χ0) is 52.2. The molecule has 3 amide bonds. The van der Waals surface area contributed by atoms with Gasteiger partial charge in [0.25, 0.3) is 0 Å². The van der Waals surface area contributed by atoms with Crippen LogP contribution in [-0.4, -0.2) is 224 Å². The van der Waals surface area contributed by atoms with Crippen LogP contribution in [0.4, 0.5) is 0 Å². The molecule has 0 saturated carbocycles. The van der Waals surface area contributed by atoms with Crippen molar-refractivity contribution < 1.29 is 39.2 Å². The number of hydrogen-bond donors (Lipinski definition) is 3. The molecule has 0 spiro atoms. The Bertz CT molecular complexity index is 1360. The number of amides is 3. The summed E-state index contributed by atoms with van der Waals surface area (Å²) < 4.78 is 16.1. The first-order valence-electron chi connectivity index (χ1n) is 19.6. The Morgan fingerprint density at radius 3 is 0.881 bits per heavy atom. The third-order valence-electron chi connectivity index (χ3n) is 10.0. The van der Waals surface area contributed by atoms with E-state index in [0.29, 0.717) is 58.3 Å². The minimum atomic E-state index is -0.568. The topological polar surface area (TPSA) is 140 Å². The zero-order valence-electron chi connectivity index (χ0n) is 35.1. The standard InChI is InChI=1S/C12H27B24I20N3O8/c1-66-5-3-57(10(63)7-60)35(31(53)27(49)21(43)17(39)13-37)33(55)29(51)25(47)23(45)19(41)15-59(12(65)9-62)16-20(42)24(46)26(48)30(52)34(56)36(58(4-6-67-2)11(64)8-61)32(54)28(50)22(44)18(40)14-38/h13-16,60-62H,3-9H2,1-2H3. The van der Waals surface area contributed by atoms with Crippen molar-refractivity contribution in [3.63, 3.8) is 0 Å². The van der Waals surface area contributed by atoms with E-state index in [9.17, 15) is 29.7 Å². The molecule has 67 heavy (non-hydrogen) atoms. The molecule has 0 aromatic carbocycles. The molecule has 0 aliphatic rings. The van der Waals surface area contributed by atoms with Crippen LogP contribution in [0.5, 0.6) is 0 Å². The highest BCUT2D eigenvalue weighted by Gasteiger charge is 2.57. The second-order valence-electron chi connectivity index (χ2n) is 14.5. The SMILES string of the molecule is COCCN(B(B(I)B(I)B(I)B(I)BI)B(I)B(I)B(I)B(I)B(I)BN(BB(I)B(I)B(I)B(I)B(I)B(B(I)B(I)B(I)B(I)BI)N(CCOC)C(=O)CO)C(=O)CO)C(=O)CO. The molecule has 0 aromatic rings. The molecule has 0 fully saturated rings. The van der Waals surface area contributed by atoms with E-state index in [1.54, 1.807) is 14.2 Å². The first kappa shape index (κ1) is 81.4. The summed E-state index contributed by atoms with van der Waals surface area (Å²) >= 11 is 50.7. The molecular formula is C12H27B24I20N3O8. The third kappa shape index (κ3) is 28.2. The Labute approximate surface area is 677 Å². The lowest BCUT2D eigenvalue weighted by Gasteiger charge is -2.37. The first-order chi connectivity index (χ1) is 31.2. The van der Waals surface area contributed by atoms with Crippen molar-refractivity contribution in [1.82, 2.24) is 14.3 Å². The Morgan fingerprint density at radius 2 is 0.642 bits per heavy atom. The van der Waals surface area contributed by atoms with Crippen LogP contribution in [0.3, 0.4) is 0 Å². The fourth-order valence-corrected chi connectivity index (χ4v) is 35.0. The highest BCUT2D eigenvalue weighted by Crippen LogP contribution is 2.32. The number of methoxy groups -OCH3 is 2. The van der Waals surface area contributed by atoms with E-state index in [2.05, 4.69) is 447 Å². The Kier molecular flexibility index (Phi) is 55.4. The molecule has 11 nitrogen and oxygen atoms in total. The Morgan fingerprint density at radius 1 is 0.403 bits per heavy atom. The first-order valence-corrected chi connectivity index (χ1v) is 45.0. The van der Waals surface area contributed by atoms with E-state index in [1.165, 1.54) is 0 Å². The van der Waals surface area contributed by atoms with Crippen LogP contribution in [0.15, 0.2) is 0 Å². The van der Waals surface area contributed by atoms with Gasteiger partial charge >= 0.3 is 0 Å². The van der Waals surface area contributed by atoms with Crippen LogP contribution in [0, 0.1) is 0 Å². The smallest absolute Gasteiger partial charge is 0.235 e. The van der Waals surface area contributed by atoms with Gasteiger partial charge in [-0.15, -0.1) is 0 Å². The van der Waals surface area contributed by atoms with Gasteiger partial charge in [-0.05, 0) is 0 Å². The van der Waals surface area contributed by atoms with Crippen molar-refractivity contribution in [2.45, 2.75) is 0 Å². The number of rotatable bonds is 35. The summed E-state index contributed by atoms with van der Waals surface area (Å²) in [5.74, 6) is -0.883. The lowest BCUT2D eigenvalue weighted by Crippen LogP contribution is -2.71. The molecule has 0 aliphatic carbocycles. The van der Waals surface area contributed by atoms with Gasteiger partial charge in [0.2, 0.25) is 31.0 Å². The van der Waals surface area contributed by atoms with Gasteiger partial charge in [-0.1, -0.05) is 0 Å². The average Bonchev–Trinajstić information content (AvgIpc) is 3.33. The molecule has 0 bridgehead atoms. The van der Waals surface area contributed by atoms with Gasteiger partial charge < -0.3 is 39.1 Å². The Hall–Kier alpha value is 14.4. The highest BCUT2D eigenvalue weighted by molar-refractivity contribution is 14.2. The van der Waals surface area contributed by atoms with E-state index in [1.807, 2.05) is 14.3 Å². The van der Waals surface area contributed by atoms with Crippen molar-refractivity contribution in [3.8, 4) is 0 Å². The second kappa shape index (κ2) is 45.6. The van der Waals surface area contributed by atoms with E-state index in [0.717, 1.165) is 10.1 Å². The molecule has 55 heteroatoms. The van der Waals surface area contributed by atoms with E-state index in [-0.39, 0.29) is 91.9 Å². The van der Waals surface area contributed by atoms with Crippen molar-refractivity contribution >= 4 is 581 Å². The van der Waals surface area contributed by atoms with Crippen molar-refractivity contribution in [1.29, 1.82) is 0 Å².